The van der Waals surface area contributed by atoms with Crippen molar-refractivity contribution in [3.05, 3.63) is 224 Å². The number of hydrogen-bond donors (Lipinski definition) is 0. The van der Waals surface area contributed by atoms with Crippen LogP contribution in [0, 0.1) is 13.8 Å². The predicted octanol–water partition coefficient (Wildman–Crippen LogP) is 9.66. The molecule has 0 aliphatic rings. The van der Waals surface area contributed by atoms with Crippen LogP contribution in [0.5, 0.6) is 0 Å². The Hall–Kier alpha value is -11.5. The Morgan fingerprint density at radius 2 is 0.685 bits per heavy atom. The Bertz CT molecular complexity index is 5700. The van der Waals surface area contributed by atoms with Crippen LogP contribution < -0.4 is 27.4 Å². The number of imidazole rings is 9. The molecule has 0 fully saturated rings. The smallest absolute Gasteiger partial charge is 0.308 e. The molecule has 0 amide bonds. The number of pyridine rings is 3. The number of hydrogen-bond acceptors (Lipinski definition) is 3. The van der Waals surface area contributed by atoms with Gasteiger partial charge < -0.3 is 13.7 Å². The van der Waals surface area contributed by atoms with Gasteiger partial charge in [-0.25, -0.2) is 37.8 Å². The first kappa shape index (κ1) is 56.9. The summed E-state index contributed by atoms with van der Waals surface area (Å²) in [7, 11) is 23.2. The molecule has 12 heterocycles. The summed E-state index contributed by atoms with van der Waals surface area (Å²) in [4.78, 5) is 14.5. The van der Waals surface area contributed by atoms with Crippen molar-refractivity contribution >= 4 is 61.5 Å². The first-order chi connectivity index (χ1) is 44.6. The Morgan fingerprint density at radius 1 is 0.326 bits per heavy atom. The molecule has 0 saturated carbocycles. The van der Waals surface area contributed by atoms with Crippen molar-refractivity contribution < 1.29 is 27.4 Å². The summed E-state index contributed by atoms with van der Waals surface area (Å²) in [5.41, 5.74) is 22.8. The summed E-state index contributed by atoms with van der Waals surface area (Å²) in [6, 6.07) is 59.2. The van der Waals surface area contributed by atoms with E-state index in [1.54, 1.807) is 0 Å². The van der Waals surface area contributed by atoms with Gasteiger partial charge in [0.05, 0.1) is 68.3 Å². The van der Waals surface area contributed by atoms with Crippen molar-refractivity contribution in [2.24, 2.45) is 77.5 Å². The third-order valence-electron chi connectivity index (χ3n) is 18.7. The van der Waals surface area contributed by atoms with Gasteiger partial charge in [0.2, 0.25) is 34.4 Å². The molecule has 0 aliphatic heterocycles. The van der Waals surface area contributed by atoms with Gasteiger partial charge in [0, 0.05) is 76.1 Å². The number of aryl methyl sites for hydroxylation is 10. The van der Waals surface area contributed by atoms with Gasteiger partial charge in [0.25, 0.3) is 17.1 Å². The third kappa shape index (κ3) is 8.87. The SMILES string of the molecule is Cc1cccc(C)c1-n1cc[n+](C)c1-c1cccc(-c2cn3c4ccccc4nc3n2C)[n+]1C.Cn1c(-c2cccc(-c3cn4c5ccccc5nc4n3C)[n+]2C)[n+](C)c2ccccc21.Cn1cc[n+](C)c1-c1cccc(-c2cn3c4ccccc4nc3n2C)[n+]1C. The molecule has 0 saturated heterocycles. The van der Waals surface area contributed by atoms with E-state index in [2.05, 4.69) is 354 Å². The average Bonchev–Trinajstić information content (AvgIpc) is 1.64. The standard InChI is InChI=1S/C28H28N6.C25H24N6.C21H22N6/c1-19-10-8-11-20(2)26(19)33-17-16-30(3)27(33)24-15-9-14-23(31(24)4)25-18-34-22-13-7-6-12-21(22)29-28(34)32(25)5;1-27-21(23-16-31-18-11-6-5-10-17(18)26-25(31)30(23)4)14-9-15-22(27)24-28(2)19-12-7-8-13-20(19)29(24)3;1-23-12-13-24(2)20(23)18-11-7-10-17(25(18)3)19-14-27-16-9-6-5-8-15(16)22-21(27)26(19)4/h6-18H,1-5H3;5-16H,1-4H3;5-14H,1-4H3/q3*+2. The van der Waals surface area contributed by atoms with Crippen molar-refractivity contribution in [1.29, 1.82) is 0 Å². The Labute approximate surface area is 532 Å². The number of aromatic nitrogens is 18. The molecule has 454 valence electrons. The highest BCUT2D eigenvalue weighted by Crippen LogP contribution is 2.31. The minimum Gasteiger partial charge on any atom is -0.308 e. The zero-order valence-electron chi connectivity index (χ0n) is 54.3. The largest absolute Gasteiger partial charge is 0.359 e. The maximum absolute atomic E-state index is 4.86. The van der Waals surface area contributed by atoms with Crippen LogP contribution in [0.3, 0.4) is 0 Å². The minimum absolute atomic E-state index is 0.936. The fraction of sp³-hybridized carbons (Fsp3) is 0.176. The number of rotatable bonds is 7. The zero-order valence-corrected chi connectivity index (χ0v) is 54.3. The first-order valence-corrected chi connectivity index (χ1v) is 30.9. The van der Waals surface area contributed by atoms with E-state index in [1.807, 2.05) is 18.2 Å². The number of benzene rings is 5. The molecule has 0 unspecified atom stereocenters. The van der Waals surface area contributed by atoms with E-state index in [1.165, 1.54) is 27.8 Å². The van der Waals surface area contributed by atoms with Crippen LogP contribution in [0.15, 0.2) is 213 Å². The van der Waals surface area contributed by atoms with Gasteiger partial charge in [-0.2, -0.15) is 18.3 Å². The molecule has 92 heavy (non-hydrogen) atoms. The van der Waals surface area contributed by atoms with Gasteiger partial charge in [-0.1, -0.05) is 66.7 Å². The minimum atomic E-state index is 0.936. The van der Waals surface area contributed by atoms with Gasteiger partial charge in [-0.15, -0.1) is 0 Å². The van der Waals surface area contributed by atoms with E-state index in [-0.39, 0.29) is 0 Å². The molecule has 0 radical (unpaired) electrons. The third-order valence-corrected chi connectivity index (χ3v) is 18.7. The van der Waals surface area contributed by atoms with Gasteiger partial charge in [-0.3, -0.25) is 13.2 Å². The Balaban J connectivity index is 0.000000115. The Morgan fingerprint density at radius 3 is 1.11 bits per heavy atom. The monoisotopic (exact) mass is 1210 g/mol. The molecule has 0 bridgehead atoms. The maximum Gasteiger partial charge on any atom is 0.359 e. The van der Waals surface area contributed by atoms with E-state index in [0.717, 1.165) is 119 Å². The summed E-state index contributed by atoms with van der Waals surface area (Å²) < 4.78 is 33.1. The summed E-state index contributed by atoms with van der Waals surface area (Å²) in [5.74, 6) is 6.27. The van der Waals surface area contributed by atoms with Crippen molar-refractivity contribution in [3.8, 4) is 74.4 Å². The lowest BCUT2D eigenvalue weighted by Crippen LogP contribution is -2.40. The van der Waals surface area contributed by atoms with Crippen molar-refractivity contribution in [3.63, 3.8) is 0 Å². The van der Waals surface area contributed by atoms with Gasteiger partial charge in [0.15, 0.2) is 11.0 Å². The summed E-state index contributed by atoms with van der Waals surface area (Å²) in [5, 5.41) is 0. The average molecular weight is 1220 g/mol. The highest BCUT2D eigenvalue weighted by atomic mass is 15.2. The molecule has 12 aromatic heterocycles. The van der Waals surface area contributed by atoms with E-state index in [4.69, 9.17) is 15.0 Å². The van der Waals surface area contributed by atoms with E-state index in [0.29, 0.717) is 0 Å². The van der Waals surface area contributed by atoms with Gasteiger partial charge >= 0.3 is 17.5 Å². The molecule has 0 atom stereocenters. The van der Waals surface area contributed by atoms with E-state index < -0.39 is 0 Å². The lowest BCUT2D eigenvalue weighted by molar-refractivity contribution is -0.685. The molecule has 0 spiro atoms. The normalized spacial score (nSPS) is 11.8. The molecule has 17 rings (SSSR count). The lowest BCUT2D eigenvalue weighted by Gasteiger charge is -2.09. The fourth-order valence-electron chi connectivity index (χ4n) is 14.0. The zero-order chi connectivity index (χ0) is 63.5. The summed E-state index contributed by atoms with van der Waals surface area (Å²) >= 11 is 0. The van der Waals surface area contributed by atoms with Crippen LogP contribution in [0.1, 0.15) is 11.1 Å². The summed E-state index contributed by atoms with van der Waals surface area (Å²) in [6.07, 6.45) is 15.0. The molecule has 0 N–H and O–H groups in total. The topological polar surface area (TPSA) is 105 Å². The number of fused-ring (bicyclic) bond motifs is 10. The molecular weight excluding hydrogens is 1140 g/mol. The van der Waals surface area contributed by atoms with Crippen molar-refractivity contribution in [2.45, 2.75) is 13.8 Å². The number of nitrogens with zero attached hydrogens (tertiary/aromatic N) is 18. The Kier molecular flexibility index (Phi) is 13.6. The second-order valence-electron chi connectivity index (χ2n) is 24.2. The molecule has 5 aromatic carbocycles. The summed E-state index contributed by atoms with van der Waals surface area (Å²) in [6.45, 7) is 4.35. The highest BCUT2D eigenvalue weighted by Gasteiger charge is 2.34. The maximum atomic E-state index is 4.86. The second kappa shape index (κ2) is 21.9. The molecule has 18 nitrogen and oxygen atoms in total. The van der Waals surface area contributed by atoms with Crippen LogP contribution in [0.25, 0.3) is 136 Å². The fourth-order valence-corrected chi connectivity index (χ4v) is 14.0. The second-order valence-corrected chi connectivity index (χ2v) is 24.2. The van der Waals surface area contributed by atoms with Crippen LogP contribution in [-0.4, -0.2) is 55.6 Å². The van der Waals surface area contributed by atoms with Crippen LogP contribution in [-0.2, 0) is 77.5 Å². The quantitative estimate of drug-likeness (QED) is 0.149. The van der Waals surface area contributed by atoms with E-state index in [9.17, 15) is 0 Å². The van der Waals surface area contributed by atoms with Crippen LogP contribution in [0.4, 0.5) is 0 Å². The van der Waals surface area contributed by atoms with Gasteiger partial charge in [0.1, 0.15) is 68.7 Å². The van der Waals surface area contributed by atoms with Crippen molar-refractivity contribution in [2.75, 3.05) is 0 Å². The lowest BCUT2D eigenvalue weighted by atomic mass is 10.1. The van der Waals surface area contributed by atoms with Gasteiger partial charge in [-0.05, 0) is 91.7 Å². The molecule has 0 aliphatic carbocycles. The van der Waals surface area contributed by atoms with E-state index >= 15 is 0 Å². The van der Waals surface area contributed by atoms with Crippen molar-refractivity contribution in [1.82, 2.24) is 55.6 Å². The van der Waals surface area contributed by atoms with Crippen LogP contribution >= 0.6 is 0 Å². The molecule has 18 heteroatoms. The predicted molar refractivity (Wildman–Crippen MR) is 359 cm³/mol. The first-order valence-electron chi connectivity index (χ1n) is 30.9. The van der Waals surface area contributed by atoms with Crippen LogP contribution in [0.2, 0.25) is 0 Å². The number of para-hydroxylation sites is 9. The highest BCUT2D eigenvalue weighted by molar-refractivity contribution is 5.83. The molecule has 17 aromatic rings. The molecular formula is C74H74N18+6.